The van der Waals surface area contributed by atoms with E-state index in [2.05, 4.69) is 4.98 Å². The van der Waals surface area contributed by atoms with E-state index >= 15 is 0 Å². The molecule has 3 heteroatoms. The second-order valence-electron chi connectivity index (χ2n) is 3.56. The highest BCUT2D eigenvalue weighted by molar-refractivity contribution is 5.74. The van der Waals surface area contributed by atoms with Gasteiger partial charge in [-0.1, -0.05) is 30.3 Å². The highest BCUT2D eigenvalue weighted by Crippen LogP contribution is 2.06. The van der Waals surface area contributed by atoms with Gasteiger partial charge in [-0.05, 0) is 11.6 Å². The molecule has 0 atom stereocenters. The molecule has 0 saturated carbocycles. The van der Waals surface area contributed by atoms with Crippen molar-refractivity contribution in [2.45, 2.75) is 6.42 Å². The molecule has 1 aromatic carbocycles. The van der Waals surface area contributed by atoms with Gasteiger partial charge in [0.05, 0.1) is 0 Å². The lowest BCUT2D eigenvalue weighted by Gasteiger charge is -2.00. The van der Waals surface area contributed by atoms with Crippen molar-refractivity contribution in [2.75, 3.05) is 0 Å². The molecule has 2 rings (SSSR count). The highest BCUT2D eigenvalue weighted by atomic mass is 16.1. The molecule has 0 unspecified atom stereocenters. The molecule has 0 spiro atoms. The third-order valence-corrected chi connectivity index (χ3v) is 2.41. The lowest BCUT2D eigenvalue weighted by molar-refractivity contribution is 0.112. The third-order valence-electron chi connectivity index (χ3n) is 2.41. The topological polar surface area (TPSA) is 49.9 Å². The molecular formula is C13H11NO2. The standard InChI is InChI=1S/C13H11NO2/c15-9-11-5-3-10(4-6-11)8-12-2-1-7-14-13(12)16/h1-7,9H,8H2,(H,14,16). The van der Waals surface area contributed by atoms with E-state index in [0.717, 1.165) is 17.4 Å². The molecule has 0 bridgehead atoms. The van der Waals surface area contributed by atoms with Crippen LogP contribution in [0.5, 0.6) is 0 Å². The van der Waals surface area contributed by atoms with Crippen LogP contribution in [0.2, 0.25) is 0 Å². The Balaban J connectivity index is 2.24. The van der Waals surface area contributed by atoms with Crippen molar-refractivity contribution < 1.29 is 4.79 Å². The van der Waals surface area contributed by atoms with Crippen molar-refractivity contribution in [1.82, 2.24) is 4.98 Å². The van der Waals surface area contributed by atoms with E-state index in [9.17, 15) is 9.59 Å². The lowest BCUT2D eigenvalue weighted by Crippen LogP contribution is -2.11. The van der Waals surface area contributed by atoms with Gasteiger partial charge < -0.3 is 4.98 Å². The number of carbonyl (C=O) groups is 1. The predicted molar refractivity (Wildman–Crippen MR) is 61.7 cm³/mol. The Morgan fingerprint density at radius 2 is 1.88 bits per heavy atom. The van der Waals surface area contributed by atoms with E-state index in [1.165, 1.54) is 0 Å². The average molecular weight is 213 g/mol. The van der Waals surface area contributed by atoms with E-state index in [4.69, 9.17) is 0 Å². The van der Waals surface area contributed by atoms with E-state index in [1.54, 1.807) is 30.5 Å². The van der Waals surface area contributed by atoms with Gasteiger partial charge in [-0.3, -0.25) is 9.59 Å². The summed E-state index contributed by atoms with van der Waals surface area (Å²) in [6, 6.07) is 10.8. The van der Waals surface area contributed by atoms with E-state index in [-0.39, 0.29) is 5.56 Å². The number of aromatic amines is 1. The van der Waals surface area contributed by atoms with Gasteiger partial charge in [-0.25, -0.2) is 0 Å². The Hall–Kier alpha value is -2.16. The van der Waals surface area contributed by atoms with E-state index in [1.807, 2.05) is 12.1 Å². The van der Waals surface area contributed by atoms with Crippen LogP contribution < -0.4 is 5.56 Å². The Bertz CT molecular complexity index is 540. The van der Waals surface area contributed by atoms with Crippen LogP contribution >= 0.6 is 0 Å². The normalized spacial score (nSPS) is 10.0. The van der Waals surface area contributed by atoms with Crippen molar-refractivity contribution >= 4 is 6.29 Å². The van der Waals surface area contributed by atoms with Gasteiger partial charge in [-0.2, -0.15) is 0 Å². The summed E-state index contributed by atoms with van der Waals surface area (Å²) in [5.41, 5.74) is 2.32. The molecule has 1 aromatic heterocycles. The van der Waals surface area contributed by atoms with Gasteiger partial charge in [0.15, 0.2) is 0 Å². The SMILES string of the molecule is O=Cc1ccc(Cc2ccc[nH]c2=O)cc1. The first-order valence-electron chi connectivity index (χ1n) is 5.00. The summed E-state index contributed by atoms with van der Waals surface area (Å²) in [7, 11) is 0. The fraction of sp³-hybridized carbons (Fsp3) is 0.0769. The summed E-state index contributed by atoms with van der Waals surface area (Å²) < 4.78 is 0. The van der Waals surface area contributed by atoms with Crippen LogP contribution in [0.15, 0.2) is 47.4 Å². The first kappa shape index (κ1) is 10.4. The first-order valence-corrected chi connectivity index (χ1v) is 5.00. The molecule has 0 aliphatic heterocycles. The zero-order valence-corrected chi connectivity index (χ0v) is 8.64. The van der Waals surface area contributed by atoms with Crippen LogP contribution in [0.1, 0.15) is 21.5 Å². The van der Waals surface area contributed by atoms with Gasteiger partial charge in [0.2, 0.25) is 0 Å². The highest BCUT2D eigenvalue weighted by Gasteiger charge is 2.00. The molecule has 1 N–H and O–H groups in total. The number of carbonyl (C=O) groups excluding carboxylic acids is 1. The summed E-state index contributed by atoms with van der Waals surface area (Å²) in [5, 5.41) is 0. The summed E-state index contributed by atoms with van der Waals surface area (Å²) in [6.45, 7) is 0. The molecule has 0 aliphatic rings. The minimum atomic E-state index is -0.0676. The van der Waals surface area contributed by atoms with E-state index in [0.29, 0.717) is 12.0 Å². The van der Waals surface area contributed by atoms with Crippen LogP contribution in [0.3, 0.4) is 0 Å². The second-order valence-corrected chi connectivity index (χ2v) is 3.56. The molecule has 16 heavy (non-hydrogen) atoms. The van der Waals surface area contributed by atoms with Crippen LogP contribution in [0.4, 0.5) is 0 Å². The molecule has 3 nitrogen and oxygen atoms in total. The summed E-state index contributed by atoms with van der Waals surface area (Å²) >= 11 is 0. The summed E-state index contributed by atoms with van der Waals surface area (Å²) in [6.07, 6.45) is 3.00. The number of pyridine rings is 1. The maximum atomic E-state index is 11.4. The smallest absolute Gasteiger partial charge is 0.251 e. The predicted octanol–water partition coefficient (Wildman–Crippen LogP) is 1.78. The second kappa shape index (κ2) is 4.57. The number of hydrogen-bond donors (Lipinski definition) is 1. The van der Waals surface area contributed by atoms with Gasteiger partial charge in [0.25, 0.3) is 5.56 Å². The molecule has 0 amide bonds. The van der Waals surface area contributed by atoms with Crippen LogP contribution in [0, 0.1) is 0 Å². The maximum absolute atomic E-state index is 11.4. The number of H-pyrrole nitrogens is 1. The lowest BCUT2D eigenvalue weighted by atomic mass is 10.1. The van der Waals surface area contributed by atoms with Crippen LogP contribution in [0.25, 0.3) is 0 Å². The third kappa shape index (κ3) is 2.25. The van der Waals surface area contributed by atoms with Gasteiger partial charge in [0, 0.05) is 23.7 Å². The van der Waals surface area contributed by atoms with E-state index < -0.39 is 0 Å². The molecule has 1 heterocycles. The Labute approximate surface area is 92.8 Å². The fourth-order valence-electron chi connectivity index (χ4n) is 1.53. The molecular weight excluding hydrogens is 202 g/mol. The van der Waals surface area contributed by atoms with Crippen LogP contribution in [-0.2, 0) is 6.42 Å². The maximum Gasteiger partial charge on any atom is 0.251 e. The largest absolute Gasteiger partial charge is 0.329 e. The Morgan fingerprint density at radius 3 is 2.50 bits per heavy atom. The molecule has 0 saturated heterocycles. The van der Waals surface area contributed by atoms with Gasteiger partial charge in [-0.15, -0.1) is 0 Å². The summed E-state index contributed by atoms with van der Waals surface area (Å²) in [5.74, 6) is 0. The number of rotatable bonds is 3. The van der Waals surface area contributed by atoms with Crippen LogP contribution in [-0.4, -0.2) is 11.3 Å². The minimum absolute atomic E-state index is 0.0676. The first-order chi connectivity index (χ1) is 7.79. The number of aromatic nitrogens is 1. The number of aldehydes is 1. The molecule has 80 valence electrons. The van der Waals surface area contributed by atoms with Crippen molar-refractivity contribution in [1.29, 1.82) is 0 Å². The molecule has 0 aliphatic carbocycles. The van der Waals surface area contributed by atoms with Crippen molar-refractivity contribution in [3.05, 3.63) is 69.6 Å². The number of nitrogens with one attached hydrogen (secondary N) is 1. The van der Waals surface area contributed by atoms with Gasteiger partial charge >= 0.3 is 0 Å². The molecule has 0 fully saturated rings. The minimum Gasteiger partial charge on any atom is -0.329 e. The summed E-state index contributed by atoms with van der Waals surface area (Å²) in [4.78, 5) is 24.5. The number of hydrogen-bond acceptors (Lipinski definition) is 2. The van der Waals surface area contributed by atoms with Crippen molar-refractivity contribution in [3.8, 4) is 0 Å². The quantitative estimate of drug-likeness (QED) is 0.790. The Kier molecular flexibility index (Phi) is 2.96. The van der Waals surface area contributed by atoms with Gasteiger partial charge in [0.1, 0.15) is 6.29 Å². The van der Waals surface area contributed by atoms with Crippen molar-refractivity contribution in [3.63, 3.8) is 0 Å². The fourth-order valence-corrected chi connectivity index (χ4v) is 1.53. The molecule has 0 radical (unpaired) electrons. The van der Waals surface area contributed by atoms with Crippen molar-refractivity contribution in [2.24, 2.45) is 0 Å². The average Bonchev–Trinajstić information content (AvgIpc) is 2.33. The number of benzene rings is 1. The molecule has 2 aromatic rings. The monoisotopic (exact) mass is 213 g/mol. The Morgan fingerprint density at radius 1 is 1.12 bits per heavy atom. The zero-order chi connectivity index (χ0) is 11.4. The zero-order valence-electron chi connectivity index (χ0n) is 8.64.